The van der Waals surface area contributed by atoms with Crippen LogP contribution in [0.2, 0.25) is 0 Å². The van der Waals surface area contributed by atoms with E-state index in [0.29, 0.717) is 13.2 Å². The number of rotatable bonds is 7. The normalized spacial score (nSPS) is 19.9. The Morgan fingerprint density at radius 2 is 1.85 bits per heavy atom. The van der Waals surface area contributed by atoms with Gasteiger partial charge in [0.25, 0.3) is 0 Å². The Balaban J connectivity index is 2.50. The number of hydrogen-bond acceptors (Lipinski definition) is 5. The van der Waals surface area contributed by atoms with Crippen molar-refractivity contribution in [2.75, 3.05) is 39.3 Å². The molecule has 1 heterocycles. The van der Waals surface area contributed by atoms with Gasteiger partial charge >= 0.3 is 5.97 Å². The van der Waals surface area contributed by atoms with Crippen LogP contribution in [-0.4, -0.2) is 71.8 Å². The lowest BCUT2D eigenvalue weighted by Crippen LogP contribution is -2.55. The molecule has 1 N–H and O–H groups in total. The molecule has 0 bridgehead atoms. The van der Waals surface area contributed by atoms with E-state index in [1.165, 1.54) is 0 Å². The summed E-state index contributed by atoms with van der Waals surface area (Å²) in [6.07, 6.45) is 1.83. The third-order valence-corrected chi connectivity index (χ3v) is 3.58. The quantitative estimate of drug-likeness (QED) is 0.711. The fraction of sp³-hybridized carbons (Fsp3) is 0.933. The number of carbonyl (C=O) groups is 1. The predicted molar refractivity (Wildman–Crippen MR) is 79.6 cm³/mol. The van der Waals surface area contributed by atoms with Crippen LogP contribution < -0.4 is 0 Å². The lowest BCUT2D eigenvalue weighted by molar-refractivity contribution is -0.150. The molecular weight excluding hydrogens is 256 g/mol. The first-order valence-corrected chi connectivity index (χ1v) is 7.72. The predicted octanol–water partition coefficient (Wildman–Crippen LogP) is 1.11. The third kappa shape index (κ3) is 5.77. The summed E-state index contributed by atoms with van der Waals surface area (Å²) in [7, 11) is 0. The van der Waals surface area contributed by atoms with Crippen molar-refractivity contribution in [2.24, 2.45) is 0 Å². The van der Waals surface area contributed by atoms with Crippen LogP contribution in [0.4, 0.5) is 0 Å². The number of esters is 1. The highest BCUT2D eigenvalue weighted by Gasteiger charge is 2.30. The molecule has 1 aliphatic rings. The molecule has 20 heavy (non-hydrogen) atoms. The molecule has 0 aromatic carbocycles. The van der Waals surface area contributed by atoms with Gasteiger partial charge in [-0.3, -0.25) is 14.6 Å². The van der Waals surface area contributed by atoms with E-state index in [9.17, 15) is 9.90 Å². The lowest BCUT2D eigenvalue weighted by Gasteiger charge is -2.39. The maximum atomic E-state index is 12.0. The minimum absolute atomic E-state index is 0.0923. The smallest absolute Gasteiger partial charge is 0.323 e. The molecule has 1 atom stereocenters. The minimum atomic E-state index is -0.661. The molecule has 0 aliphatic carbocycles. The molecule has 1 fully saturated rings. The lowest BCUT2D eigenvalue weighted by atomic mass is 10.1. The second-order valence-corrected chi connectivity index (χ2v) is 6.18. The second kappa shape index (κ2) is 7.96. The molecule has 0 aromatic heterocycles. The Kier molecular flexibility index (Phi) is 6.92. The molecule has 5 heteroatoms. The Bertz CT molecular complexity index is 294. The van der Waals surface area contributed by atoms with Crippen molar-refractivity contribution >= 4 is 5.97 Å². The van der Waals surface area contributed by atoms with E-state index in [2.05, 4.69) is 16.7 Å². The van der Waals surface area contributed by atoms with Gasteiger partial charge in [-0.2, -0.15) is 0 Å². The summed E-state index contributed by atoms with van der Waals surface area (Å²) in [4.78, 5) is 16.5. The highest BCUT2D eigenvalue weighted by atomic mass is 16.5. The molecule has 1 rings (SSSR count). The summed E-state index contributed by atoms with van der Waals surface area (Å²) in [5.74, 6) is -0.0923. The largest absolute Gasteiger partial charge is 0.465 e. The Morgan fingerprint density at radius 1 is 1.25 bits per heavy atom. The van der Waals surface area contributed by atoms with Crippen LogP contribution >= 0.6 is 0 Å². The highest BCUT2D eigenvalue weighted by molar-refractivity contribution is 5.75. The standard InChI is InChI=1S/C15H30N2O3/c1-5-7-13(14(18)20-6-2)17-10-8-16(9-11-17)12-15(3,4)19/h13,19H,5-12H2,1-4H3. The molecule has 0 spiro atoms. The molecule has 118 valence electrons. The minimum Gasteiger partial charge on any atom is -0.465 e. The Labute approximate surface area is 122 Å². The van der Waals surface area contributed by atoms with Crippen molar-refractivity contribution in [3.63, 3.8) is 0 Å². The van der Waals surface area contributed by atoms with Crippen LogP contribution in [0, 0.1) is 0 Å². The van der Waals surface area contributed by atoms with E-state index in [4.69, 9.17) is 4.74 Å². The maximum absolute atomic E-state index is 12.0. The van der Waals surface area contributed by atoms with Gasteiger partial charge in [0.2, 0.25) is 0 Å². The number of β-amino-alcohol motifs (C(OH)–C–C–N with tert-alkyl or cyclic N) is 1. The molecule has 1 saturated heterocycles. The van der Waals surface area contributed by atoms with Gasteiger partial charge in [0.05, 0.1) is 12.2 Å². The first-order chi connectivity index (χ1) is 9.37. The van der Waals surface area contributed by atoms with E-state index >= 15 is 0 Å². The van der Waals surface area contributed by atoms with Crippen molar-refractivity contribution in [3.05, 3.63) is 0 Å². The molecule has 1 unspecified atom stereocenters. The average Bonchev–Trinajstić information content (AvgIpc) is 2.35. The zero-order valence-electron chi connectivity index (χ0n) is 13.4. The summed E-state index contributed by atoms with van der Waals surface area (Å²) in [6, 6.07) is -0.107. The van der Waals surface area contributed by atoms with Crippen molar-refractivity contribution < 1.29 is 14.6 Å². The maximum Gasteiger partial charge on any atom is 0.323 e. The van der Waals surface area contributed by atoms with Gasteiger partial charge < -0.3 is 9.84 Å². The molecule has 5 nitrogen and oxygen atoms in total. The number of nitrogens with zero attached hydrogens (tertiary/aromatic N) is 2. The van der Waals surface area contributed by atoms with Crippen molar-refractivity contribution in [3.8, 4) is 0 Å². The summed E-state index contributed by atoms with van der Waals surface area (Å²) in [6.45, 7) is 12.2. The Hall–Kier alpha value is -0.650. The van der Waals surface area contributed by atoms with E-state index in [1.807, 2.05) is 20.8 Å². The van der Waals surface area contributed by atoms with Gasteiger partial charge in [0, 0.05) is 32.7 Å². The number of aliphatic hydroxyl groups is 1. The van der Waals surface area contributed by atoms with Crippen LogP contribution in [0.5, 0.6) is 0 Å². The van der Waals surface area contributed by atoms with Crippen molar-refractivity contribution in [1.29, 1.82) is 0 Å². The molecule has 0 amide bonds. The molecule has 1 aliphatic heterocycles. The van der Waals surface area contributed by atoms with Gasteiger partial charge in [-0.15, -0.1) is 0 Å². The van der Waals surface area contributed by atoms with Crippen LogP contribution in [0.25, 0.3) is 0 Å². The van der Waals surface area contributed by atoms with Crippen LogP contribution in [0.15, 0.2) is 0 Å². The van der Waals surface area contributed by atoms with Crippen molar-refractivity contribution in [2.45, 2.75) is 52.2 Å². The van der Waals surface area contributed by atoms with E-state index < -0.39 is 5.60 Å². The third-order valence-electron chi connectivity index (χ3n) is 3.58. The number of piperazine rings is 1. The van der Waals surface area contributed by atoms with E-state index in [1.54, 1.807) is 0 Å². The fourth-order valence-electron chi connectivity index (χ4n) is 2.74. The summed E-state index contributed by atoms with van der Waals surface area (Å²) >= 11 is 0. The molecule has 0 saturated carbocycles. The zero-order valence-corrected chi connectivity index (χ0v) is 13.4. The summed E-state index contributed by atoms with van der Waals surface area (Å²) in [5, 5.41) is 9.86. The fourth-order valence-corrected chi connectivity index (χ4v) is 2.74. The monoisotopic (exact) mass is 286 g/mol. The molecule has 0 aromatic rings. The summed E-state index contributed by atoms with van der Waals surface area (Å²) < 4.78 is 5.18. The van der Waals surface area contributed by atoms with Gasteiger partial charge in [-0.25, -0.2) is 0 Å². The van der Waals surface area contributed by atoms with Gasteiger partial charge in [0.1, 0.15) is 6.04 Å². The number of ether oxygens (including phenoxy) is 1. The van der Waals surface area contributed by atoms with E-state index in [-0.39, 0.29) is 12.0 Å². The summed E-state index contributed by atoms with van der Waals surface area (Å²) in [5.41, 5.74) is -0.661. The number of hydrogen-bond donors (Lipinski definition) is 1. The van der Waals surface area contributed by atoms with Crippen LogP contribution in [0.1, 0.15) is 40.5 Å². The molecular formula is C15H30N2O3. The van der Waals surface area contributed by atoms with Gasteiger partial charge in [0.15, 0.2) is 0 Å². The topological polar surface area (TPSA) is 53.0 Å². The van der Waals surface area contributed by atoms with Crippen LogP contribution in [-0.2, 0) is 9.53 Å². The van der Waals surface area contributed by atoms with Crippen LogP contribution in [0.3, 0.4) is 0 Å². The van der Waals surface area contributed by atoms with Gasteiger partial charge in [-0.05, 0) is 27.2 Å². The van der Waals surface area contributed by atoms with Gasteiger partial charge in [-0.1, -0.05) is 13.3 Å². The Morgan fingerprint density at radius 3 is 2.30 bits per heavy atom. The average molecular weight is 286 g/mol. The first kappa shape index (κ1) is 17.4. The highest BCUT2D eigenvalue weighted by Crippen LogP contribution is 2.14. The number of carbonyl (C=O) groups excluding carboxylic acids is 1. The second-order valence-electron chi connectivity index (χ2n) is 6.18. The first-order valence-electron chi connectivity index (χ1n) is 7.72. The zero-order chi connectivity index (χ0) is 15.2. The van der Waals surface area contributed by atoms with Crippen molar-refractivity contribution in [1.82, 2.24) is 9.80 Å². The SMILES string of the molecule is CCCC(C(=O)OCC)N1CCN(CC(C)(C)O)CC1. The van der Waals surface area contributed by atoms with E-state index in [0.717, 1.165) is 39.0 Å². The molecule has 0 radical (unpaired) electrons.